The molecule has 4 aromatic rings. The van der Waals surface area contributed by atoms with Crippen LogP contribution in [0.5, 0.6) is 0 Å². The number of rotatable bonds is 3. The molecule has 0 atom stereocenters. The highest BCUT2D eigenvalue weighted by atomic mass is 16.4. The van der Waals surface area contributed by atoms with Gasteiger partial charge in [-0.3, -0.25) is 0 Å². The van der Waals surface area contributed by atoms with Crippen LogP contribution in [0, 0.1) is 6.92 Å². The quantitative estimate of drug-likeness (QED) is 0.593. The van der Waals surface area contributed by atoms with Crippen LogP contribution in [-0.2, 0) is 0 Å². The molecule has 0 aliphatic carbocycles. The third kappa shape index (κ3) is 2.78. The van der Waals surface area contributed by atoms with Gasteiger partial charge in [0.1, 0.15) is 0 Å². The molecule has 0 saturated heterocycles. The predicted octanol–water partition coefficient (Wildman–Crippen LogP) is 4.70. The van der Waals surface area contributed by atoms with E-state index >= 15 is 0 Å². The lowest BCUT2D eigenvalue weighted by atomic mass is 10.0. The Morgan fingerprint density at radius 3 is 2.36 bits per heavy atom. The van der Waals surface area contributed by atoms with Gasteiger partial charge >= 0.3 is 5.97 Å². The molecule has 0 saturated carbocycles. The summed E-state index contributed by atoms with van der Waals surface area (Å²) in [6, 6.07) is 23.7. The largest absolute Gasteiger partial charge is 0.476 e. The first-order chi connectivity index (χ1) is 12.1. The Balaban J connectivity index is 1.92. The normalized spacial score (nSPS) is 10.9. The summed E-state index contributed by atoms with van der Waals surface area (Å²) in [6.45, 7) is 2.01. The maximum atomic E-state index is 11.4. The van der Waals surface area contributed by atoms with Crippen molar-refractivity contribution in [1.29, 1.82) is 0 Å². The number of aromatic carboxylic acids is 1. The number of carboxylic acid groups (broad SMARTS) is 1. The van der Waals surface area contributed by atoms with Crippen molar-refractivity contribution in [3.05, 3.63) is 84.1 Å². The number of fused-ring (bicyclic) bond motifs is 1. The number of aromatic nitrogens is 2. The topological polar surface area (TPSA) is 55.1 Å². The Bertz CT molecular complexity index is 1080. The minimum Gasteiger partial charge on any atom is -0.476 e. The SMILES string of the molecule is Cc1ccc(-n2nc(C(=O)O)cc2-c2ccc3ccccc3c2)cc1. The Hall–Kier alpha value is -3.40. The minimum absolute atomic E-state index is 0.0312. The van der Waals surface area contributed by atoms with E-state index < -0.39 is 5.97 Å². The molecule has 122 valence electrons. The molecule has 0 spiro atoms. The lowest BCUT2D eigenvalue weighted by molar-refractivity contribution is 0.0690. The highest BCUT2D eigenvalue weighted by Crippen LogP contribution is 2.27. The maximum absolute atomic E-state index is 11.4. The van der Waals surface area contributed by atoms with Gasteiger partial charge in [-0.25, -0.2) is 9.48 Å². The monoisotopic (exact) mass is 328 g/mol. The first kappa shape index (κ1) is 15.1. The molecule has 0 aliphatic heterocycles. The molecule has 3 aromatic carbocycles. The summed E-state index contributed by atoms with van der Waals surface area (Å²) in [7, 11) is 0. The standard InChI is InChI=1S/C21H16N2O2/c1-14-6-10-18(11-7-14)23-20(13-19(22-23)21(24)25)17-9-8-15-4-2-3-5-16(15)12-17/h2-13H,1H3,(H,24,25). The molecule has 0 bridgehead atoms. The van der Waals surface area contributed by atoms with Gasteiger partial charge in [0.05, 0.1) is 11.4 Å². The van der Waals surface area contributed by atoms with E-state index in [0.29, 0.717) is 0 Å². The van der Waals surface area contributed by atoms with Crippen molar-refractivity contribution in [2.75, 3.05) is 0 Å². The molecule has 0 aliphatic rings. The fourth-order valence-corrected chi connectivity index (χ4v) is 2.92. The van der Waals surface area contributed by atoms with Crippen LogP contribution >= 0.6 is 0 Å². The fourth-order valence-electron chi connectivity index (χ4n) is 2.92. The molecule has 1 aromatic heterocycles. The zero-order valence-electron chi connectivity index (χ0n) is 13.7. The van der Waals surface area contributed by atoms with Crippen molar-refractivity contribution < 1.29 is 9.90 Å². The Morgan fingerprint density at radius 2 is 1.64 bits per heavy atom. The van der Waals surface area contributed by atoms with Gasteiger partial charge in [-0.05, 0) is 42.0 Å². The second-order valence-corrected chi connectivity index (χ2v) is 6.03. The number of carbonyl (C=O) groups is 1. The molecule has 0 amide bonds. The third-order valence-corrected chi connectivity index (χ3v) is 4.25. The number of nitrogens with zero attached hydrogens (tertiary/aromatic N) is 2. The Morgan fingerprint density at radius 1 is 0.920 bits per heavy atom. The van der Waals surface area contributed by atoms with E-state index in [4.69, 9.17) is 0 Å². The molecule has 4 rings (SSSR count). The van der Waals surface area contributed by atoms with E-state index in [9.17, 15) is 9.90 Å². The number of aryl methyl sites for hydroxylation is 1. The molecule has 0 unspecified atom stereocenters. The van der Waals surface area contributed by atoms with E-state index in [-0.39, 0.29) is 5.69 Å². The molecule has 4 heteroatoms. The highest BCUT2D eigenvalue weighted by Gasteiger charge is 2.16. The van der Waals surface area contributed by atoms with Gasteiger partial charge in [0.25, 0.3) is 0 Å². The fraction of sp³-hybridized carbons (Fsp3) is 0.0476. The van der Waals surface area contributed by atoms with Crippen LogP contribution in [0.15, 0.2) is 72.8 Å². The number of benzene rings is 3. The smallest absolute Gasteiger partial charge is 0.356 e. The van der Waals surface area contributed by atoms with E-state index in [1.807, 2.05) is 61.5 Å². The lowest BCUT2D eigenvalue weighted by Crippen LogP contribution is -2.02. The second-order valence-electron chi connectivity index (χ2n) is 6.03. The number of hydrogen-bond donors (Lipinski definition) is 1. The van der Waals surface area contributed by atoms with Gasteiger partial charge in [0.2, 0.25) is 0 Å². The van der Waals surface area contributed by atoms with Crippen LogP contribution in [0.1, 0.15) is 16.1 Å². The van der Waals surface area contributed by atoms with Gasteiger partial charge in [0, 0.05) is 5.56 Å². The van der Waals surface area contributed by atoms with Crippen LogP contribution in [0.4, 0.5) is 0 Å². The maximum Gasteiger partial charge on any atom is 0.356 e. The van der Waals surface area contributed by atoms with Crippen LogP contribution in [-0.4, -0.2) is 20.9 Å². The predicted molar refractivity (Wildman–Crippen MR) is 98.2 cm³/mol. The summed E-state index contributed by atoms with van der Waals surface area (Å²) in [5.74, 6) is -1.03. The lowest BCUT2D eigenvalue weighted by Gasteiger charge is -2.09. The van der Waals surface area contributed by atoms with Crippen LogP contribution in [0.2, 0.25) is 0 Å². The third-order valence-electron chi connectivity index (χ3n) is 4.25. The molecule has 1 N–H and O–H groups in total. The second kappa shape index (κ2) is 5.91. The molecule has 0 fully saturated rings. The number of hydrogen-bond acceptors (Lipinski definition) is 2. The molecule has 4 nitrogen and oxygen atoms in total. The first-order valence-corrected chi connectivity index (χ1v) is 8.01. The van der Waals surface area contributed by atoms with Crippen molar-refractivity contribution in [1.82, 2.24) is 9.78 Å². The van der Waals surface area contributed by atoms with E-state index in [0.717, 1.165) is 33.3 Å². The van der Waals surface area contributed by atoms with Gasteiger partial charge < -0.3 is 5.11 Å². The van der Waals surface area contributed by atoms with Gasteiger partial charge in [-0.2, -0.15) is 5.10 Å². The number of carboxylic acids is 1. The van der Waals surface area contributed by atoms with Crippen LogP contribution in [0.25, 0.3) is 27.7 Å². The summed E-state index contributed by atoms with van der Waals surface area (Å²) >= 11 is 0. The van der Waals surface area contributed by atoms with E-state index in [1.54, 1.807) is 10.7 Å². The Labute approximate surface area is 145 Å². The Kier molecular flexibility index (Phi) is 3.58. The van der Waals surface area contributed by atoms with Gasteiger partial charge in [-0.1, -0.05) is 54.1 Å². The van der Waals surface area contributed by atoms with Crippen molar-refractivity contribution >= 4 is 16.7 Å². The molecule has 25 heavy (non-hydrogen) atoms. The molecular weight excluding hydrogens is 312 g/mol. The van der Waals surface area contributed by atoms with Crippen molar-refractivity contribution in [2.45, 2.75) is 6.92 Å². The van der Waals surface area contributed by atoms with E-state index in [1.165, 1.54) is 0 Å². The highest BCUT2D eigenvalue weighted by molar-refractivity contribution is 5.90. The van der Waals surface area contributed by atoms with Gasteiger partial charge in [0.15, 0.2) is 5.69 Å². The zero-order chi connectivity index (χ0) is 17.4. The summed E-state index contributed by atoms with van der Waals surface area (Å²) in [4.78, 5) is 11.4. The van der Waals surface area contributed by atoms with Gasteiger partial charge in [-0.15, -0.1) is 0 Å². The zero-order valence-corrected chi connectivity index (χ0v) is 13.7. The van der Waals surface area contributed by atoms with Crippen LogP contribution in [0.3, 0.4) is 0 Å². The van der Waals surface area contributed by atoms with Crippen molar-refractivity contribution in [3.8, 4) is 16.9 Å². The average molecular weight is 328 g/mol. The van der Waals surface area contributed by atoms with E-state index in [2.05, 4.69) is 17.2 Å². The molecular formula is C21H16N2O2. The summed E-state index contributed by atoms with van der Waals surface area (Å²) in [6.07, 6.45) is 0. The van der Waals surface area contributed by atoms with Crippen molar-refractivity contribution in [2.24, 2.45) is 0 Å². The average Bonchev–Trinajstić information content (AvgIpc) is 3.07. The van der Waals surface area contributed by atoms with Crippen LogP contribution < -0.4 is 0 Å². The first-order valence-electron chi connectivity index (χ1n) is 8.01. The molecule has 0 radical (unpaired) electrons. The summed E-state index contributed by atoms with van der Waals surface area (Å²) in [5.41, 5.74) is 3.69. The van der Waals surface area contributed by atoms with Crippen molar-refractivity contribution in [3.63, 3.8) is 0 Å². The minimum atomic E-state index is -1.03. The summed E-state index contributed by atoms with van der Waals surface area (Å²) < 4.78 is 1.69. The molecule has 1 heterocycles. The summed E-state index contributed by atoms with van der Waals surface area (Å²) in [5, 5.41) is 15.9.